The fourth-order valence-corrected chi connectivity index (χ4v) is 2.48. The lowest BCUT2D eigenvalue weighted by Gasteiger charge is -2.09. The second kappa shape index (κ2) is 3.98. The van der Waals surface area contributed by atoms with E-state index in [4.69, 9.17) is 5.73 Å². The van der Waals surface area contributed by atoms with E-state index in [2.05, 4.69) is 5.10 Å². The fraction of sp³-hybridized carbons (Fsp3) is 0.308. The Kier molecular flexibility index (Phi) is 2.46. The van der Waals surface area contributed by atoms with Crippen molar-refractivity contribution in [3.63, 3.8) is 0 Å². The summed E-state index contributed by atoms with van der Waals surface area (Å²) in [5.74, 6) is 0. The lowest BCUT2D eigenvalue weighted by molar-refractivity contribution is 0.178. The van der Waals surface area contributed by atoms with Crippen molar-refractivity contribution in [3.8, 4) is 5.69 Å². The molecule has 1 aromatic carbocycles. The molecule has 1 aliphatic rings. The number of nitrogens with two attached hydrogens (primary N) is 1. The third-order valence-corrected chi connectivity index (χ3v) is 3.28. The van der Waals surface area contributed by atoms with Crippen molar-refractivity contribution in [2.75, 3.05) is 0 Å². The van der Waals surface area contributed by atoms with Crippen LogP contribution in [0.4, 0.5) is 0 Å². The van der Waals surface area contributed by atoms with Crippen LogP contribution in [0.5, 0.6) is 0 Å². The van der Waals surface area contributed by atoms with Crippen LogP contribution in [0.2, 0.25) is 0 Å². The van der Waals surface area contributed by atoms with Crippen LogP contribution >= 0.6 is 0 Å². The monoisotopic (exact) mass is 229 g/mol. The summed E-state index contributed by atoms with van der Waals surface area (Å²) in [6.07, 6.45) is 1.20. The van der Waals surface area contributed by atoms with Crippen LogP contribution in [0.15, 0.2) is 30.3 Å². The topological polar surface area (TPSA) is 64.1 Å². The van der Waals surface area contributed by atoms with E-state index in [0.29, 0.717) is 6.54 Å². The molecule has 1 unspecified atom stereocenters. The van der Waals surface area contributed by atoms with E-state index in [1.165, 1.54) is 0 Å². The highest BCUT2D eigenvalue weighted by Gasteiger charge is 2.28. The number of hydrogen-bond donors (Lipinski definition) is 2. The maximum absolute atomic E-state index is 9.94. The summed E-state index contributed by atoms with van der Waals surface area (Å²) >= 11 is 0. The quantitative estimate of drug-likeness (QED) is 0.816. The van der Waals surface area contributed by atoms with Crippen molar-refractivity contribution in [1.29, 1.82) is 0 Å². The lowest BCUT2D eigenvalue weighted by Crippen LogP contribution is -2.10. The zero-order chi connectivity index (χ0) is 11.8. The lowest BCUT2D eigenvalue weighted by atomic mass is 10.1. The Balaban J connectivity index is 2.16. The number of hydrogen-bond acceptors (Lipinski definition) is 3. The van der Waals surface area contributed by atoms with Gasteiger partial charge in [-0.2, -0.15) is 5.10 Å². The molecule has 1 aliphatic carbocycles. The number of para-hydroxylation sites is 1. The summed E-state index contributed by atoms with van der Waals surface area (Å²) in [4.78, 5) is 0. The average molecular weight is 229 g/mol. The highest BCUT2D eigenvalue weighted by Crippen LogP contribution is 2.34. The van der Waals surface area contributed by atoms with E-state index >= 15 is 0 Å². The molecular weight excluding hydrogens is 214 g/mol. The molecule has 2 aromatic rings. The van der Waals surface area contributed by atoms with E-state index in [1.807, 2.05) is 35.0 Å². The van der Waals surface area contributed by atoms with Gasteiger partial charge in [0, 0.05) is 12.1 Å². The molecule has 0 saturated heterocycles. The smallest absolute Gasteiger partial charge is 0.0830 e. The Hall–Kier alpha value is -1.65. The molecule has 0 saturated carbocycles. The minimum atomic E-state index is -0.402. The van der Waals surface area contributed by atoms with E-state index in [0.717, 1.165) is 35.5 Å². The summed E-state index contributed by atoms with van der Waals surface area (Å²) in [6.45, 7) is 0.397. The normalized spacial score (nSPS) is 18.4. The molecule has 0 aliphatic heterocycles. The summed E-state index contributed by atoms with van der Waals surface area (Å²) in [6, 6.07) is 9.90. The molecule has 3 N–H and O–H groups in total. The van der Waals surface area contributed by atoms with Crippen molar-refractivity contribution in [2.24, 2.45) is 5.73 Å². The van der Waals surface area contributed by atoms with Gasteiger partial charge in [-0.25, -0.2) is 4.68 Å². The Morgan fingerprint density at radius 3 is 2.82 bits per heavy atom. The van der Waals surface area contributed by atoms with Crippen LogP contribution in [0, 0.1) is 0 Å². The molecule has 3 rings (SSSR count). The molecule has 0 fully saturated rings. The second-order valence-corrected chi connectivity index (χ2v) is 4.31. The van der Waals surface area contributed by atoms with Gasteiger partial charge in [0.1, 0.15) is 0 Å². The second-order valence-electron chi connectivity index (χ2n) is 4.31. The molecule has 0 amide bonds. The third-order valence-electron chi connectivity index (χ3n) is 3.28. The average Bonchev–Trinajstić information content (AvgIpc) is 2.91. The van der Waals surface area contributed by atoms with Crippen molar-refractivity contribution in [2.45, 2.75) is 25.5 Å². The molecular formula is C13H15N3O. The highest BCUT2D eigenvalue weighted by molar-refractivity contribution is 5.40. The number of aryl methyl sites for hydroxylation is 1. The molecule has 4 heteroatoms. The number of aliphatic hydroxyl groups excluding tert-OH is 1. The Labute approximate surface area is 99.7 Å². The zero-order valence-electron chi connectivity index (χ0n) is 9.50. The van der Waals surface area contributed by atoms with Crippen molar-refractivity contribution < 1.29 is 5.11 Å². The molecule has 0 radical (unpaired) electrons. The number of nitrogens with zero attached hydrogens (tertiary/aromatic N) is 2. The first-order chi connectivity index (χ1) is 8.31. The van der Waals surface area contributed by atoms with Gasteiger partial charge in [-0.05, 0) is 25.0 Å². The molecule has 17 heavy (non-hydrogen) atoms. The Morgan fingerprint density at radius 1 is 1.35 bits per heavy atom. The number of fused-ring (bicyclic) bond motifs is 1. The van der Waals surface area contributed by atoms with Gasteiger partial charge in [0.2, 0.25) is 0 Å². The van der Waals surface area contributed by atoms with Crippen LogP contribution in [-0.2, 0) is 13.0 Å². The molecule has 1 heterocycles. The summed E-state index contributed by atoms with van der Waals surface area (Å²) < 4.78 is 1.85. The largest absolute Gasteiger partial charge is 0.388 e. The van der Waals surface area contributed by atoms with E-state index < -0.39 is 6.10 Å². The first kappa shape index (κ1) is 10.5. The van der Waals surface area contributed by atoms with Gasteiger partial charge in [0.15, 0.2) is 0 Å². The van der Waals surface area contributed by atoms with Crippen molar-refractivity contribution >= 4 is 0 Å². The van der Waals surface area contributed by atoms with Gasteiger partial charge >= 0.3 is 0 Å². The maximum atomic E-state index is 9.94. The highest BCUT2D eigenvalue weighted by atomic mass is 16.3. The van der Waals surface area contributed by atoms with E-state index in [-0.39, 0.29) is 0 Å². The third kappa shape index (κ3) is 1.57. The molecule has 0 bridgehead atoms. The van der Waals surface area contributed by atoms with Crippen LogP contribution in [0.25, 0.3) is 5.69 Å². The predicted octanol–water partition coefficient (Wildman–Crippen LogP) is 1.31. The number of aliphatic hydroxyl groups is 1. The Morgan fingerprint density at radius 2 is 2.12 bits per heavy atom. The predicted molar refractivity (Wildman–Crippen MR) is 64.7 cm³/mol. The van der Waals surface area contributed by atoms with Gasteiger partial charge in [-0.3, -0.25) is 0 Å². The molecule has 88 valence electrons. The van der Waals surface area contributed by atoms with Crippen molar-refractivity contribution in [1.82, 2.24) is 9.78 Å². The standard InChI is InChI=1S/C13H15N3O/c14-8-11-13-10(6-7-12(13)17)15-16(11)9-4-2-1-3-5-9/h1-5,12,17H,6-8,14H2. The van der Waals surface area contributed by atoms with Crippen molar-refractivity contribution in [3.05, 3.63) is 47.3 Å². The van der Waals surface area contributed by atoms with Gasteiger partial charge in [0.25, 0.3) is 0 Å². The summed E-state index contributed by atoms with van der Waals surface area (Å²) in [7, 11) is 0. The first-order valence-corrected chi connectivity index (χ1v) is 5.85. The molecule has 0 spiro atoms. The number of aromatic nitrogens is 2. The van der Waals surface area contributed by atoms with E-state index in [9.17, 15) is 5.11 Å². The van der Waals surface area contributed by atoms with E-state index in [1.54, 1.807) is 0 Å². The summed E-state index contributed by atoms with van der Waals surface area (Å²) in [5, 5.41) is 14.5. The minimum absolute atomic E-state index is 0.397. The van der Waals surface area contributed by atoms with Gasteiger partial charge in [-0.15, -0.1) is 0 Å². The van der Waals surface area contributed by atoms with Crippen LogP contribution < -0.4 is 5.73 Å². The fourth-order valence-electron chi connectivity index (χ4n) is 2.48. The minimum Gasteiger partial charge on any atom is -0.388 e. The maximum Gasteiger partial charge on any atom is 0.0830 e. The van der Waals surface area contributed by atoms with Gasteiger partial charge in [-0.1, -0.05) is 18.2 Å². The molecule has 4 nitrogen and oxygen atoms in total. The van der Waals surface area contributed by atoms with Crippen LogP contribution in [0.3, 0.4) is 0 Å². The summed E-state index contributed by atoms with van der Waals surface area (Å²) in [5.41, 5.74) is 9.65. The number of rotatable bonds is 2. The molecule has 1 aromatic heterocycles. The zero-order valence-corrected chi connectivity index (χ0v) is 9.50. The Bertz CT molecular complexity index is 533. The van der Waals surface area contributed by atoms with Gasteiger partial charge < -0.3 is 10.8 Å². The van der Waals surface area contributed by atoms with Gasteiger partial charge in [0.05, 0.1) is 23.2 Å². The SMILES string of the molecule is NCc1c2c(nn1-c1ccccc1)CCC2O. The van der Waals surface area contributed by atoms with Crippen LogP contribution in [-0.4, -0.2) is 14.9 Å². The molecule has 1 atom stereocenters. The first-order valence-electron chi connectivity index (χ1n) is 5.85. The van der Waals surface area contributed by atoms with Crippen LogP contribution in [0.1, 0.15) is 29.5 Å². The number of benzene rings is 1.